The number of aromatic nitrogens is 1. The molecule has 1 saturated heterocycles. The van der Waals surface area contributed by atoms with Crippen LogP contribution in [0.2, 0.25) is 0 Å². The van der Waals surface area contributed by atoms with Crippen LogP contribution in [0.1, 0.15) is 49.8 Å². The monoisotopic (exact) mass is 1170 g/mol. The summed E-state index contributed by atoms with van der Waals surface area (Å²) in [7, 11) is 1.86. The van der Waals surface area contributed by atoms with Gasteiger partial charge in [0.1, 0.15) is 42.0 Å². The van der Waals surface area contributed by atoms with Crippen LogP contribution in [-0.4, -0.2) is 151 Å². The Hall–Kier alpha value is -5.97. The molecule has 4 unspecified atom stereocenters. The number of phenols is 1. The van der Waals surface area contributed by atoms with Gasteiger partial charge in [-0.15, -0.1) is 0 Å². The molecule has 0 bridgehead atoms. The molecular formula is C49H63IN10O12S2. The number of amides is 7. The van der Waals surface area contributed by atoms with Gasteiger partial charge in [0.15, 0.2) is 6.04 Å². The summed E-state index contributed by atoms with van der Waals surface area (Å²) in [5, 5.41) is 60.0. The maximum Gasteiger partial charge on any atom is 0.328 e. The minimum atomic E-state index is -1.82. The summed E-state index contributed by atoms with van der Waals surface area (Å²) < 4.78 is 0.436. The molecular weight excluding hydrogens is 1110 g/mol. The third kappa shape index (κ3) is 17.3. The normalized spacial score (nSPS) is 22.3. The summed E-state index contributed by atoms with van der Waals surface area (Å²) in [6.45, 7) is 2.56. The molecule has 3 aromatic carbocycles. The van der Waals surface area contributed by atoms with Crippen LogP contribution in [0.15, 0.2) is 79.0 Å². The van der Waals surface area contributed by atoms with Crippen LogP contribution in [0.3, 0.4) is 0 Å². The molecule has 4 aromatic rings. The van der Waals surface area contributed by atoms with E-state index in [9.17, 15) is 58.8 Å². The lowest BCUT2D eigenvalue weighted by Crippen LogP contribution is -2.62. The second-order valence-electron chi connectivity index (χ2n) is 17.8. The fraction of sp³-hybridized carbons (Fsp3) is 0.429. The predicted octanol–water partition coefficient (Wildman–Crippen LogP) is -0.403. The molecule has 1 aliphatic heterocycles. The number of benzene rings is 3. The van der Waals surface area contributed by atoms with Crippen molar-refractivity contribution < 1.29 is 58.8 Å². The SMILES string of the molecule is CC(O)[C@H](NC(=O)[C@@H]1CSSCC(NC(=O)C(N)Cc2ccccc2)C(=O)N[C@@H](Cc2ccc(O)c([123I])c2)C(=O)N[C@H](Cc2c[nH]c3ccccc23)C(=O)N[C@@H](CCCCN)C(=O)N[C@@H](C(C)O)C(=O)N1)C(=O)O. The third-order valence-electron chi connectivity index (χ3n) is 12.0. The Morgan fingerprint density at radius 2 is 1.41 bits per heavy atom. The average molecular weight is 1170 g/mol. The number of unbranched alkanes of at least 4 members (excludes halogenated alkanes) is 1. The fourth-order valence-corrected chi connectivity index (χ4v) is 10.7. The smallest absolute Gasteiger partial charge is 0.328 e. The van der Waals surface area contributed by atoms with Gasteiger partial charge in [-0.2, -0.15) is 0 Å². The number of hydrogen-bond acceptors (Lipinski definition) is 15. The van der Waals surface area contributed by atoms with Crippen LogP contribution in [0.25, 0.3) is 10.9 Å². The van der Waals surface area contributed by atoms with Crippen molar-refractivity contribution in [2.24, 2.45) is 11.5 Å². The maximum absolute atomic E-state index is 14.8. The number of nitrogens with two attached hydrogens (primary N) is 2. The van der Waals surface area contributed by atoms with E-state index < -0.39 is 108 Å². The quantitative estimate of drug-likeness (QED) is 0.0363. The van der Waals surface area contributed by atoms with Gasteiger partial charge in [-0.05, 0) is 104 Å². The van der Waals surface area contributed by atoms with Crippen LogP contribution in [0.5, 0.6) is 5.75 Å². The van der Waals surface area contributed by atoms with Crippen molar-refractivity contribution in [1.29, 1.82) is 0 Å². The molecule has 22 nitrogen and oxygen atoms in total. The van der Waals surface area contributed by atoms with Gasteiger partial charge < -0.3 is 74.1 Å². The number of aliphatic hydroxyl groups excluding tert-OH is 2. The van der Waals surface area contributed by atoms with Crippen molar-refractivity contribution >= 4 is 102 Å². The van der Waals surface area contributed by atoms with Gasteiger partial charge in [0.05, 0.1) is 21.8 Å². The van der Waals surface area contributed by atoms with Crippen LogP contribution in [0, 0.1) is 3.57 Å². The highest BCUT2D eigenvalue weighted by atomic mass is 123. The van der Waals surface area contributed by atoms with Crippen molar-refractivity contribution in [3.8, 4) is 5.75 Å². The van der Waals surface area contributed by atoms with E-state index in [0.29, 0.717) is 27.5 Å². The van der Waals surface area contributed by atoms with Crippen molar-refractivity contribution in [3.63, 3.8) is 0 Å². The molecule has 74 heavy (non-hydrogen) atoms. The number of fused-ring (bicyclic) bond motifs is 1. The Morgan fingerprint density at radius 3 is 2.07 bits per heavy atom. The number of rotatable bonds is 17. The van der Waals surface area contributed by atoms with E-state index in [-0.39, 0.29) is 49.5 Å². The largest absolute Gasteiger partial charge is 0.507 e. The Morgan fingerprint density at radius 1 is 0.770 bits per heavy atom. The number of aromatic hydroxyl groups is 1. The molecule has 1 fully saturated rings. The number of para-hydroxylation sites is 1. The minimum Gasteiger partial charge on any atom is -0.507 e. The lowest BCUT2D eigenvalue weighted by Gasteiger charge is -2.29. The number of aliphatic hydroxyl groups is 2. The van der Waals surface area contributed by atoms with Gasteiger partial charge in [0.2, 0.25) is 41.4 Å². The van der Waals surface area contributed by atoms with E-state index in [1.54, 1.807) is 54.7 Å². The standard InChI is InChI=1S/C49H63IN10O12S2/c1-25(61)40-48(70)58-38(47(69)60-41(26(2)62)49(71)72)24-74-73-23-37(57-42(64)32(52)19-27-10-4-3-5-11-27)46(68)55-35(20-28-15-16-39(63)31(50)18-28)44(66)56-36(21-29-22-53-33-13-7-6-12-30(29)33)45(67)54-34(43(65)59-40)14-8-9-17-51/h3-7,10-13,15-16,18,22,25-26,32,34-38,40-41,53,61-63H,8-9,14,17,19-21,23-24,51-52H2,1-2H3,(H,54,67)(H,55,68)(H,56,66)(H,57,64)(H,58,70)(H,59,65)(H,60,69)(H,71,72)/t25?,26?,32?,34-,35-,36+,37?,38-,40-,41-/m0/s1/i50-4. The number of H-pyrrole nitrogens is 1. The Kier molecular flexibility index (Phi) is 22.8. The molecule has 10 atom stereocenters. The molecule has 5 rings (SSSR count). The lowest BCUT2D eigenvalue weighted by atomic mass is 10.0. The van der Waals surface area contributed by atoms with E-state index in [0.717, 1.165) is 45.0 Å². The van der Waals surface area contributed by atoms with Gasteiger partial charge >= 0.3 is 5.97 Å². The van der Waals surface area contributed by atoms with Gasteiger partial charge in [0.25, 0.3) is 0 Å². The number of carbonyl (C=O) groups is 8. The van der Waals surface area contributed by atoms with Gasteiger partial charge in [0, 0.05) is 41.4 Å². The number of phenolic OH excluding ortho intramolecular Hbond substituents is 1. The van der Waals surface area contributed by atoms with Gasteiger partial charge in [-0.1, -0.05) is 76.2 Å². The molecule has 1 aromatic heterocycles. The highest BCUT2D eigenvalue weighted by Crippen LogP contribution is 2.25. The molecule has 16 N–H and O–H groups in total. The number of nitrogens with one attached hydrogen (secondary N) is 8. The van der Waals surface area contributed by atoms with E-state index >= 15 is 0 Å². The van der Waals surface area contributed by atoms with Crippen LogP contribution >= 0.6 is 44.2 Å². The second-order valence-corrected chi connectivity index (χ2v) is 21.5. The second kappa shape index (κ2) is 28.6. The number of carboxylic acids is 1. The summed E-state index contributed by atoms with van der Waals surface area (Å²) in [6.07, 6.45) is -1.05. The first-order chi connectivity index (χ1) is 35.3. The summed E-state index contributed by atoms with van der Waals surface area (Å²) in [6, 6.07) is 8.69. The van der Waals surface area contributed by atoms with E-state index in [1.807, 2.05) is 40.8 Å². The highest BCUT2D eigenvalue weighted by molar-refractivity contribution is 14.1. The van der Waals surface area contributed by atoms with Crippen molar-refractivity contribution in [2.45, 2.75) is 113 Å². The van der Waals surface area contributed by atoms with Gasteiger partial charge in [-0.25, -0.2) is 4.79 Å². The first kappa shape index (κ1) is 58.9. The Balaban J connectivity index is 1.60. The molecule has 0 radical (unpaired) electrons. The molecule has 7 amide bonds. The highest BCUT2D eigenvalue weighted by Gasteiger charge is 2.37. The summed E-state index contributed by atoms with van der Waals surface area (Å²) in [5.41, 5.74) is 14.7. The molecule has 0 aliphatic carbocycles. The number of aliphatic carboxylic acids is 1. The first-order valence-corrected chi connectivity index (χ1v) is 27.3. The topological polar surface area (TPSA) is 370 Å². The molecule has 1 aliphatic rings. The maximum atomic E-state index is 14.8. The molecule has 400 valence electrons. The number of hydrogen-bond donors (Lipinski definition) is 14. The van der Waals surface area contributed by atoms with Crippen LogP contribution in [0.4, 0.5) is 0 Å². The lowest BCUT2D eigenvalue weighted by molar-refractivity contribution is -0.145. The van der Waals surface area contributed by atoms with Crippen LogP contribution in [-0.2, 0) is 57.6 Å². The third-order valence-corrected chi connectivity index (χ3v) is 15.2. The zero-order valence-corrected chi connectivity index (χ0v) is 44.3. The molecule has 0 spiro atoms. The fourth-order valence-electron chi connectivity index (χ4n) is 7.83. The zero-order chi connectivity index (χ0) is 54.1. The van der Waals surface area contributed by atoms with Crippen molar-refractivity contribution in [3.05, 3.63) is 99.3 Å². The van der Waals surface area contributed by atoms with Gasteiger partial charge in [-0.3, -0.25) is 33.6 Å². The Bertz CT molecular complexity index is 2610. The van der Waals surface area contributed by atoms with E-state index in [2.05, 4.69) is 42.2 Å². The predicted molar refractivity (Wildman–Crippen MR) is 287 cm³/mol. The first-order valence-electron chi connectivity index (χ1n) is 23.7. The summed E-state index contributed by atoms with van der Waals surface area (Å²) in [4.78, 5) is 115. The average Bonchev–Trinajstić information content (AvgIpc) is 3.77. The number of carboxylic acid groups (broad SMARTS) is 1. The summed E-state index contributed by atoms with van der Waals surface area (Å²) >= 11 is 1.91. The van der Waals surface area contributed by atoms with E-state index in [1.165, 1.54) is 13.0 Å². The Labute approximate surface area is 448 Å². The zero-order valence-electron chi connectivity index (χ0n) is 40.5. The number of aromatic amines is 1. The van der Waals surface area contributed by atoms with Crippen molar-refractivity contribution in [2.75, 3.05) is 18.1 Å². The van der Waals surface area contributed by atoms with Crippen molar-refractivity contribution in [1.82, 2.24) is 42.2 Å². The molecule has 0 saturated carbocycles. The minimum absolute atomic E-state index is 0.0221. The van der Waals surface area contributed by atoms with Crippen LogP contribution < -0.4 is 48.7 Å². The number of carbonyl (C=O) groups excluding carboxylic acids is 7. The molecule has 25 heteroatoms. The van der Waals surface area contributed by atoms with E-state index in [4.69, 9.17) is 11.5 Å². The number of halogens is 1. The molecule has 2 heterocycles. The summed E-state index contributed by atoms with van der Waals surface area (Å²) in [5.74, 6) is -8.56.